The fourth-order valence-corrected chi connectivity index (χ4v) is 3.66. The standard InChI is InChI=1S/C12H21N.2ClH.Ru/c1-4-12(2,3)10-13-11-8-6-5-7-9-11;;;/h1,10-11H,4-9H2,2-3H3;2*1H;/q;;;+2/p-2. The summed E-state index contributed by atoms with van der Waals surface area (Å²) in [6, 6.07) is 0.563. The molecule has 0 unspecified atom stereocenters. The van der Waals surface area contributed by atoms with Crippen molar-refractivity contribution in [1.82, 2.24) is 0 Å². The van der Waals surface area contributed by atoms with Gasteiger partial charge in [0.25, 0.3) is 0 Å². The molecule has 0 atom stereocenters. The molecule has 0 saturated heterocycles. The van der Waals surface area contributed by atoms with Crippen LogP contribution in [0.5, 0.6) is 0 Å². The van der Waals surface area contributed by atoms with Crippen LogP contribution in [-0.4, -0.2) is 16.9 Å². The van der Waals surface area contributed by atoms with Crippen molar-refractivity contribution in [3.05, 3.63) is 0 Å². The first kappa shape index (κ1) is 14.8. The van der Waals surface area contributed by atoms with Gasteiger partial charge in [-0.15, -0.1) is 0 Å². The van der Waals surface area contributed by atoms with Crippen LogP contribution in [0.4, 0.5) is 0 Å². The van der Waals surface area contributed by atoms with Crippen molar-refractivity contribution in [2.75, 3.05) is 0 Å². The van der Waals surface area contributed by atoms with E-state index in [1.54, 1.807) is 0 Å². The van der Waals surface area contributed by atoms with Gasteiger partial charge in [-0.2, -0.15) is 0 Å². The van der Waals surface area contributed by atoms with Crippen molar-refractivity contribution in [3.63, 3.8) is 0 Å². The van der Waals surface area contributed by atoms with E-state index in [-0.39, 0.29) is 5.41 Å². The molecular weight excluding hydrogens is 330 g/mol. The minimum absolute atomic E-state index is 0.105. The normalized spacial score (nSPS) is 20.1. The second-order valence-electron chi connectivity index (χ2n) is 5.11. The quantitative estimate of drug-likeness (QED) is 0.521. The molecular formula is C12H21Cl2NRu. The number of hydrogen-bond donors (Lipinski definition) is 0. The number of halogens is 2. The summed E-state index contributed by atoms with van der Waals surface area (Å²) in [6.45, 7) is 4.39. The third kappa shape index (κ3) is 6.47. The molecule has 0 aromatic rings. The SMILES string of the molecule is CC(C)(C=NC1CCCCC1)C[CH]=[Ru]([Cl])[Cl]. The molecule has 0 aromatic carbocycles. The molecule has 1 aliphatic carbocycles. The molecule has 0 heterocycles. The molecule has 0 spiro atoms. The third-order valence-electron chi connectivity index (χ3n) is 2.92. The van der Waals surface area contributed by atoms with Crippen LogP contribution in [-0.2, 0) is 13.5 Å². The summed E-state index contributed by atoms with van der Waals surface area (Å²) in [4.78, 5) is 4.72. The fraction of sp³-hybridized carbons (Fsp3) is 0.833. The first-order valence-electron chi connectivity index (χ1n) is 5.85. The topological polar surface area (TPSA) is 12.4 Å². The van der Waals surface area contributed by atoms with Crippen molar-refractivity contribution in [2.24, 2.45) is 10.4 Å². The molecule has 96 valence electrons. The Labute approximate surface area is 112 Å². The summed E-state index contributed by atoms with van der Waals surface area (Å²) >= 11 is -1.61. The average molecular weight is 351 g/mol. The van der Waals surface area contributed by atoms with Crippen molar-refractivity contribution >= 4 is 30.2 Å². The Morgan fingerprint density at radius 2 is 1.88 bits per heavy atom. The van der Waals surface area contributed by atoms with Gasteiger partial charge in [0.2, 0.25) is 0 Å². The van der Waals surface area contributed by atoms with Crippen LogP contribution in [0.1, 0.15) is 52.4 Å². The average Bonchev–Trinajstić information content (AvgIpc) is 2.26. The van der Waals surface area contributed by atoms with Gasteiger partial charge in [-0.05, 0) is 0 Å². The van der Waals surface area contributed by atoms with Crippen LogP contribution in [0.25, 0.3) is 0 Å². The first-order chi connectivity index (χ1) is 7.49. The summed E-state index contributed by atoms with van der Waals surface area (Å²) in [6.07, 6.45) is 9.65. The van der Waals surface area contributed by atoms with Crippen molar-refractivity contribution in [1.29, 1.82) is 0 Å². The Morgan fingerprint density at radius 3 is 2.44 bits per heavy atom. The molecule has 1 aliphatic rings. The molecule has 0 radical (unpaired) electrons. The number of hydrogen-bond acceptors (Lipinski definition) is 1. The molecule has 4 heteroatoms. The van der Waals surface area contributed by atoms with Crippen LogP contribution in [0, 0.1) is 5.41 Å². The summed E-state index contributed by atoms with van der Waals surface area (Å²) in [5.41, 5.74) is 0.105. The van der Waals surface area contributed by atoms with Gasteiger partial charge in [0, 0.05) is 0 Å². The van der Waals surface area contributed by atoms with Gasteiger partial charge < -0.3 is 0 Å². The van der Waals surface area contributed by atoms with E-state index in [4.69, 9.17) is 24.4 Å². The fourth-order valence-electron chi connectivity index (χ4n) is 1.83. The molecule has 0 aromatic heterocycles. The molecule has 1 fully saturated rings. The van der Waals surface area contributed by atoms with Crippen LogP contribution in [0.15, 0.2) is 4.99 Å². The molecule has 0 aliphatic heterocycles. The van der Waals surface area contributed by atoms with E-state index in [9.17, 15) is 0 Å². The van der Waals surface area contributed by atoms with Crippen molar-refractivity contribution in [2.45, 2.75) is 58.4 Å². The molecule has 16 heavy (non-hydrogen) atoms. The summed E-state index contributed by atoms with van der Waals surface area (Å²) < 4.78 is 2.07. The zero-order valence-corrected chi connectivity index (χ0v) is 13.3. The van der Waals surface area contributed by atoms with Crippen LogP contribution in [0.2, 0.25) is 0 Å². The number of nitrogens with zero attached hydrogens (tertiary/aromatic N) is 1. The summed E-state index contributed by atoms with van der Waals surface area (Å²) in [5.74, 6) is 0. The zero-order chi connectivity index (χ0) is 12.0. The Bertz CT molecular complexity index is 264. The monoisotopic (exact) mass is 351 g/mol. The van der Waals surface area contributed by atoms with Crippen molar-refractivity contribution < 1.29 is 13.5 Å². The Balaban J connectivity index is 2.43. The molecule has 1 rings (SSSR count). The van der Waals surface area contributed by atoms with E-state index in [0.29, 0.717) is 6.04 Å². The number of rotatable bonds is 4. The summed E-state index contributed by atoms with van der Waals surface area (Å²) in [7, 11) is 11.7. The zero-order valence-electron chi connectivity index (χ0n) is 10.0. The van der Waals surface area contributed by atoms with Crippen LogP contribution < -0.4 is 0 Å². The van der Waals surface area contributed by atoms with Gasteiger partial charge in [0.05, 0.1) is 0 Å². The Kier molecular flexibility index (Phi) is 6.70. The molecule has 0 bridgehead atoms. The van der Waals surface area contributed by atoms with Gasteiger partial charge in [-0.25, -0.2) is 0 Å². The molecule has 0 N–H and O–H groups in total. The van der Waals surface area contributed by atoms with E-state index in [2.05, 4.69) is 24.7 Å². The maximum absolute atomic E-state index is 5.84. The second kappa shape index (κ2) is 7.24. The van der Waals surface area contributed by atoms with Crippen LogP contribution >= 0.6 is 19.4 Å². The predicted octanol–water partition coefficient (Wildman–Crippen LogP) is 4.53. The Hall–Kier alpha value is 0.743. The first-order valence-corrected chi connectivity index (χ1v) is 11.3. The van der Waals surface area contributed by atoms with Gasteiger partial charge in [-0.3, -0.25) is 0 Å². The van der Waals surface area contributed by atoms with E-state index in [1.165, 1.54) is 32.1 Å². The predicted molar refractivity (Wildman–Crippen MR) is 71.5 cm³/mol. The third-order valence-corrected chi connectivity index (χ3v) is 5.10. The molecule has 0 amide bonds. The van der Waals surface area contributed by atoms with E-state index in [0.717, 1.165) is 6.42 Å². The molecule has 1 saturated carbocycles. The molecule has 1 nitrogen and oxygen atoms in total. The van der Waals surface area contributed by atoms with Gasteiger partial charge in [0.1, 0.15) is 0 Å². The second-order valence-corrected chi connectivity index (χ2v) is 11.0. The van der Waals surface area contributed by atoms with Crippen LogP contribution in [0.3, 0.4) is 0 Å². The van der Waals surface area contributed by atoms with Gasteiger partial charge in [-0.1, -0.05) is 0 Å². The van der Waals surface area contributed by atoms with Crippen molar-refractivity contribution in [3.8, 4) is 0 Å². The maximum atomic E-state index is 5.84. The van der Waals surface area contributed by atoms with E-state index in [1.807, 2.05) is 0 Å². The minimum atomic E-state index is -1.61. The van der Waals surface area contributed by atoms with Gasteiger partial charge in [0.15, 0.2) is 0 Å². The van der Waals surface area contributed by atoms with E-state index >= 15 is 0 Å². The van der Waals surface area contributed by atoms with Gasteiger partial charge >= 0.3 is 113 Å². The Morgan fingerprint density at radius 1 is 1.25 bits per heavy atom. The number of aliphatic imine (C=N–C) groups is 1. The van der Waals surface area contributed by atoms with E-state index < -0.39 is 13.5 Å². The summed E-state index contributed by atoms with van der Waals surface area (Å²) in [5, 5.41) is 0.